The zero-order chi connectivity index (χ0) is 21.0. The molecule has 3 N–H and O–H groups in total. The number of hydrogen-bond acceptors (Lipinski definition) is 4. The van der Waals surface area contributed by atoms with Crippen LogP contribution in [0.3, 0.4) is 0 Å². The summed E-state index contributed by atoms with van der Waals surface area (Å²) < 4.78 is 0. The molecule has 1 heterocycles. The van der Waals surface area contributed by atoms with Crippen LogP contribution in [0.4, 0.5) is 0 Å². The number of hydrogen-bond donors (Lipinski definition) is 2. The van der Waals surface area contributed by atoms with Crippen molar-refractivity contribution in [3.05, 3.63) is 58.9 Å². The first-order valence-corrected chi connectivity index (χ1v) is 10.1. The molecule has 29 heavy (non-hydrogen) atoms. The summed E-state index contributed by atoms with van der Waals surface area (Å²) in [6.07, 6.45) is 7.41. The van der Waals surface area contributed by atoms with Gasteiger partial charge in [-0.1, -0.05) is 23.7 Å². The van der Waals surface area contributed by atoms with Crippen LogP contribution in [0, 0.1) is 22.7 Å². The first-order valence-electron chi connectivity index (χ1n) is 9.76. The van der Waals surface area contributed by atoms with Crippen LogP contribution in [0.5, 0.6) is 0 Å². The number of nitrogens with one attached hydrogen (secondary N) is 1. The second-order valence-electron chi connectivity index (χ2n) is 7.67. The van der Waals surface area contributed by atoms with E-state index in [0.29, 0.717) is 23.7 Å². The number of nitrogens with two attached hydrogens (primary N) is 1. The molecule has 3 rings (SSSR count). The molecule has 0 spiro atoms. The number of benzene rings is 1. The van der Waals surface area contributed by atoms with Crippen molar-refractivity contribution < 1.29 is 9.59 Å². The maximum Gasteiger partial charge on any atom is 0.247 e. The van der Waals surface area contributed by atoms with Crippen LogP contribution >= 0.6 is 11.6 Å². The zero-order valence-electron chi connectivity index (χ0n) is 16.4. The molecule has 7 heteroatoms. The summed E-state index contributed by atoms with van der Waals surface area (Å²) in [5.41, 5.74) is 6.14. The zero-order valence-corrected chi connectivity index (χ0v) is 17.2. The molecule has 2 atom stereocenters. The molecule has 1 aromatic rings. The van der Waals surface area contributed by atoms with Crippen LogP contribution in [0.25, 0.3) is 0 Å². The van der Waals surface area contributed by atoms with E-state index < -0.39 is 5.41 Å². The van der Waals surface area contributed by atoms with Crippen LogP contribution in [0.15, 0.2) is 48.3 Å². The van der Waals surface area contributed by atoms with Crippen molar-refractivity contribution in [2.24, 2.45) is 17.1 Å². The first kappa shape index (κ1) is 20.9. The molecule has 1 aliphatic heterocycles. The standard InChI is InChI=1S/C22H25ClN4O2/c1-15(26-20(28)13-16-2-6-18(23)7-3-16)12-19(8-10-24)27-11-9-22(14-25,21(27)29)17-4-5-17/h2-3,6-8,10,12,15,17H,4-5,9,11,13,24H2,1H3,(H,26,28)/b10-8-,19-12+. The lowest BCUT2D eigenvalue weighted by atomic mass is 9.83. The Morgan fingerprint density at radius 3 is 2.72 bits per heavy atom. The van der Waals surface area contributed by atoms with Crippen LogP contribution in [0.1, 0.15) is 31.7 Å². The van der Waals surface area contributed by atoms with E-state index in [1.54, 1.807) is 29.2 Å². The molecular weight excluding hydrogens is 388 g/mol. The Bertz CT molecular complexity index is 883. The van der Waals surface area contributed by atoms with Gasteiger partial charge in [0.15, 0.2) is 0 Å². The second-order valence-corrected chi connectivity index (χ2v) is 8.11. The average Bonchev–Trinajstić information content (AvgIpc) is 3.47. The van der Waals surface area contributed by atoms with Crippen molar-refractivity contribution >= 4 is 23.4 Å². The Balaban J connectivity index is 1.68. The van der Waals surface area contributed by atoms with E-state index in [9.17, 15) is 14.9 Å². The van der Waals surface area contributed by atoms with Crippen molar-refractivity contribution in [2.45, 2.75) is 38.6 Å². The van der Waals surface area contributed by atoms with E-state index in [1.807, 2.05) is 19.1 Å². The van der Waals surface area contributed by atoms with Gasteiger partial charge < -0.3 is 16.0 Å². The molecule has 2 amide bonds. The fourth-order valence-electron chi connectivity index (χ4n) is 3.86. The summed E-state index contributed by atoms with van der Waals surface area (Å²) >= 11 is 5.87. The SMILES string of the molecule is CC(/C=C(\C=C/N)N1CCC(C#N)(C2CC2)C1=O)NC(=O)Cc1ccc(Cl)cc1. The fourth-order valence-corrected chi connectivity index (χ4v) is 3.98. The molecule has 6 nitrogen and oxygen atoms in total. The van der Waals surface area contributed by atoms with Gasteiger partial charge in [0.25, 0.3) is 0 Å². The highest BCUT2D eigenvalue weighted by Crippen LogP contribution is 2.51. The second kappa shape index (κ2) is 8.71. The van der Waals surface area contributed by atoms with Gasteiger partial charge in [-0.25, -0.2) is 0 Å². The molecular formula is C22H25ClN4O2. The number of carbonyl (C=O) groups is 2. The lowest BCUT2D eigenvalue weighted by molar-refractivity contribution is -0.132. The van der Waals surface area contributed by atoms with Crippen molar-refractivity contribution in [3.63, 3.8) is 0 Å². The molecule has 1 aliphatic carbocycles. The van der Waals surface area contributed by atoms with Gasteiger partial charge >= 0.3 is 0 Å². The number of likely N-dealkylation sites (tertiary alicyclic amines) is 1. The molecule has 2 fully saturated rings. The van der Waals surface area contributed by atoms with Gasteiger partial charge in [-0.05, 0) is 68.2 Å². The van der Waals surface area contributed by atoms with Crippen molar-refractivity contribution in [1.29, 1.82) is 5.26 Å². The first-order chi connectivity index (χ1) is 13.9. The lowest BCUT2D eigenvalue weighted by Gasteiger charge is -2.23. The van der Waals surface area contributed by atoms with Crippen molar-refractivity contribution in [1.82, 2.24) is 10.2 Å². The van der Waals surface area contributed by atoms with E-state index in [-0.39, 0.29) is 30.2 Å². The van der Waals surface area contributed by atoms with Crippen LogP contribution < -0.4 is 11.1 Å². The fraction of sp³-hybridized carbons (Fsp3) is 0.409. The number of halogens is 1. The van der Waals surface area contributed by atoms with E-state index in [0.717, 1.165) is 18.4 Å². The molecule has 0 aromatic heterocycles. The van der Waals surface area contributed by atoms with E-state index in [4.69, 9.17) is 17.3 Å². The molecule has 2 aliphatic rings. The van der Waals surface area contributed by atoms with Gasteiger partial charge in [0.1, 0.15) is 5.41 Å². The third-order valence-corrected chi connectivity index (χ3v) is 5.75. The molecule has 1 saturated carbocycles. The number of allylic oxidation sites excluding steroid dienone is 1. The smallest absolute Gasteiger partial charge is 0.247 e. The van der Waals surface area contributed by atoms with Crippen LogP contribution in [-0.4, -0.2) is 29.3 Å². The van der Waals surface area contributed by atoms with Gasteiger partial charge in [-0.15, -0.1) is 0 Å². The van der Waals surface area contributed by atoms with Crippen LogP contribution in [0.2, 0.25) is 5.02 Å². The summed E-state index contributed by atoms with van der Waals surface area (Å²) in [6, 6.07) is 9.09. The van der Waals surface area contributed by atoms with Crippen molar-refractivity contribution in [3.8, 4) is 6.07 Å². The summed E-state index contributed by atoms with van der Waals surface area (Å²) in [6.45, 7) is 2.31. The molecule has 152 valence electrons. The number of nitrogens with zero attached hydrogens (tertiary/aromatic N) is 2. The average molecular weight is 413 g/mol. The van der Waals surface area contributed by atoms with Gasteiger partial charge in [0.2, 0.25) is 11.8 Å². The molecule has 0 radical (unpaired) electrons. The summed E-state index contributed by atoms with van der Waals surface area (Å²) in [7, 11) is 0. The molecule has 1 aromatic carbocycles. The minimum Gasteiger partial charge on any atom is -0.405 e. The maximum absolute atomic E-state index is 13.0. The van der Waals surface area contributed by atoms with Crippen LogP contribution in [-0.2, 0) is 16.0 Å². The van der Waals surface area contributed by atoms with Crippen molar-refractivity contribution in [2.75, 3.05) is 6.54 Å². The molecule has 0 bridgehead atoms. The number of carbonyl (C=O) groups excluding carboxylic acids is 2. The molecule has 1 saturated heterocycles. The van der Waals surface area contributed by atoms with E-state index in [2.05, 4.69) is 11.4 Å². The Hall–Kier alpha value is -2.78. The van der Waals surface area contributed by atoms with E-state index in [1.165, 1.54) is 6.20 Å². The van der Waals surface area contributed by atoms with E-state index >= 15 is 0 Å². The Labute approximate surface area is 176 Å². The number of amides is 2. The summed E-state index contributed by atoms with van der Waals surface area (Å²) in [5.74, 6) is -0.139. The molecule has 2 unspecified atom stereocenters. The Kier molecular flexibility index (Phi) is 6.29. The highest BCUT2D eigenvalue weighted by atomic mass is 35.5. The topological polar surface area (TPSA) is 99.2 Å². The predicted molar refractivity (Wildman–Crippen MR) is 111 cm³/mol. The Morgan fingerprint density at radius 1 is 1.45 bits per heavy atom. The van der Waals surface area contributed by atoms with Gasteiger partial charge in [-0.3, -0.25) is 9.59 Å². The monoisotopic (exact) mass is 412 g/mol. The third kappa shape index (κ3) is 4.63. The van der Waals surface area contributed by atoms with Gasteiger partial charge in [0.05, 0.1) is 12.5 Å². The highest BCUT2D eigenvalue weighted by Gasteiger charge is 2.56. The third-order valence-electron chi connectivity index (χ3n) is 5.50. The quantitative estimate of drug-likeness (QED) is 0.672. The Morgan fingerprint density at radius 2 is 2.14 bits per heavy atom. The minimum atomic E-state index is -0.914. The largest absolute Gasteiger partial charge is 0.405 e. The number of nitriles is 1. The van der Waals surface area contributed by atoms with Gasteiger partial charge in [0, 0.05) is 23.3 Å². The number of rotatable bonds is 7. The summed E-state index contributed by atoms with van der Waals surface area (Å²) in [4.78, 5) is 27.0. The lowest BCUT2D eigenvalue weighted by Crippen LogP contribution is -2.36. The predicted octanol–water partition coefficient (Wildman–Crippen LogP) is 2.90. The summed E-state index contributed by atoms with van der Waals surface area (Å²) in [5, 5.41) is 13.2. The minimum absolute atomic E-state index is 0.135. The highest BCUT2D eigenvalue weighted by molar-refractivity contribution is 6.30. The van der Waals surface area contributed by atoms with Gasteiger partial charge in [-0.2, -0.15) is 5.26 Å². The maximum atomic E-state index is 13.0. The normalized spacial score (nSPS) is 23.3.